The van der Waals surface area contributed by atoms with Gasteiger partial charge in [0.05, 0.1) is 0 Å². The second-order valence-corrected chi connectivity index (χ2v) is 10.6. The lowest BCUT2D eigenvalue weighted by Crippen LogP contribution is -2.16. The highest BCUT2D eigenvalue weighted by atomic mass is 79.9. The van der Waals surface area contributed by atoms with Gasteiger partial charge in [0, 0.05) is 14.5 Å². The van der Waals surface area contributed by atoms with Crippen LogP contribution in [-0.2, 0) is 0 Å². The Hall–Kier alpha value is -0.0431. The topological polar surface area (TPSA) is 0 Å². The zero-order valence-electron chi connectivity index (χ0n) is 8.49. The van der Waals surface area contributed by atoms with Crippen LogP contribution in [0.4, 0.5) is 0 Å². The quantitative estimate of drug-likeness (QED) is 0.487. The van der Waals surface area contributed by atoms with E-state index in [1.807, 2.05) is 18.2 Å². The Morgan fingerprint density at radius 1 is 1.14 bits per heavy atom. The number of hydrogen-bond donors (Lipinski definition) is 0. The molecule has 3 heteroatoms. The average Bonchev–Trinajstić information content (AvgIpc) is 2.00. The van der Waals surface area contributed by atoms with Crippen LogP contribution in [0.5, 0.6) is 0 Å². The van der Waals surface area contributed by atoms with Crippen molar-refractivity contribution in [2.75, 3.05) is 0 Å². The molecule has 1 rings (SSSR count). The first-order chi connectivity index (χ1) is 6.38. The Kier molecular flexibility index (Phi) is 4.00. The second-order valence-electron chi connectivity index (χ2n) is 4.12. The summed E-state index contributed by atoms with van der Waals surface area (Å²) >= 11 is 6.92. The summed E-state index contributed by atoms with van der Waals surface area (Å²) in [4.78, 5) is 0. The maximum atomic E-state index is 3.50. The minimum atomic E-state index is -1.27. The second kappa shape index (κ2) is 4.65. The standard InChI is InChI=1S/C11H12Br2Si/c1-14(2,3)7-6-9-4-5-10(12)8-11(9)13/h4-5,8H,1-3H3. The molecule has 0 unspecified atom stereocenters. The van der Waals surface area contributed by atoms with E-state index in [-0.39, 0.29) is 0 Å². The predicted molar refractivity (Wildman–Crippen MR) is 72.1 cm³/mol. The van der Waals surface area contributed by atoms with Gasteiger partial charge in [-0.3, -0.25) is 0 Å². The molecule has 0 atom stereocenters. The summed E-state index contributed by atoms with van der Waals surface area (Å²) in [5.74, 6) is 3.22. The molecule has 0 saturated heterocycles. The summed E-state index contributed by atoms with van der Waals surface area (Å²) in [6.45, 7) is 6.73. The SMILES string of the molecule is C[Si](C)(C)C#Cc1ccc(Br)cc1Br. The first kappa shape index (κ1) is 12.0. The fraction of sp³-hybridized carbons (Fsp3) is 0.273. The lowest BCUT2D eigenvalue weighted by Gasteiger charge is -2.04. The molecule has 0 bridgehead atoms. The van der Waals surface area contributed by atoms with Crippen molar-refractivity contribution in [1.29, 1.82) is 0 Å². The Morgan fingerprint density at radius 2 is 1.79 bits per heavy atom. The van der Waals surface area contributed by atoms with Crippen molar-refractivity contribution >= 4 is 39.9 Å². The van der Waals surface area contributed by atoms with Crippen LogP contribution < -0.4 is 0 Å². The van der Waals surface area contributed by atoms with Crippen LogP contribution >= 0.6 is 31.9 Å². The summed E-state index contributed by atoms with van der Waals surface area (Å²) < 4.78 is 2.13. The molecular weight excluding hydrogens is 320 g/mol. The van der Waals surface area contributed by atoms with Crippen molar-refractivity contribution in [3.8, 4) is 11.5 Å². The van der Waals surface area contributed by atoms with E-state index >= 15 is 0 Å². The highest BCUT2D eigenvalue weighted by Gasteiger charge is 2.07. The van der Waals surface area contributed by atoms with Gasteiger partial charge in [0.25, 0.3) is 0 Å². The van der Waals surface area contributed by atoms with E-state index in [9.17, 15) is 0 Å². The third-order valence-corrected chi connectivity index (χ3v) is 3.53. The normalized spacial score (nSPS) is 10.6. The average molecular weight is 332 g/mol. The maximum Gasteiger partial charge on any atom is 0.129 e. The summed E-state index contributed by atoms with van der Waals surface area (Å²) in [6, 6.07) is 6.06. The van der Waals surface area contributed by atoms with Gasteiger partial charge in [-0.2, -0.15) is 0 Å². The first-order valence-electron chi connectivity index (χ1n) is 4.37. The van der Waals surface area contributed by atoms with Crippen LogP contribution in [0, 0.1) is 11.5 Å². The Balaban J connectivity index is 3.02. The highest BCUT2D eigenvalue weighted by molar-refractivity contribution is 9.11. The molecular formula is C11H12Br2Si. The van der Waals surface area contributed by atoms with Crippen LogP contribution in [0.25, 0.3) is 0 Å². The molecule has 14 heavy (non-hydrogen) atoms. The molecule has 0 amide bonds. The molecule has 0 aromatic heterocycles. The lowest BCUT2D eigenvalue weighted by molar-refractivity contribution is 1.55. The van der Waals surface area contributed by atoms with E-state index in [1.165, 1.54) is 0 Å². The summed E-state index contributed by atoms with van der Waals surface area (Å²) in [7, 11) is -1.27. The summed E-state index contributed by atoms with van der Waals surface area (Å²) in [5.41, 5.74) is 4.41. The zero-order valence-corrected chi connectivity index (χ0v) is 12.7. The van der Waals surface area contributed by atoms with Gasteiger partial charge in [-0.25, -0.2) is 0 Å². The fourth-order valence-corrected chi connectivity index (χ4v) is 2.50. The molecule has 0 heterocycles. The van der Waals surface area contributed by atoms with E-state index in [2.05, 4.69) is 63.0 Å². The van der Waals surface area contributed by atoms with Crippen LogP contribution in [0.1, 0.15) is 5.56 Å². The van der Waals surface area contributed by atoms with E-state index in [1.54, 1.807) is 0 Å². The Labute approximate surface area is 103 Å². The molecule has 0 nitrogen and oxygen atoms in total. The molecule has 0 saturated carbocycles. The van der Waals surface area contributed by atoms with Gasteiger partial charge in [0.2, 0.25) is 0 Å². The van der Waals surface area contributed by atoms with Crippen LogP contribution in [0.15, 0.2) is 27.1 Å². The fourth-order valence-electron chi connectivity index (χ4n) is 0.846. The molecule has 1 aromatic rings. The van der Waals surface area contributed by atoms with Crippen molar-refractivity contribution in [2.45, 2.75) is 19.6 Å². The molecule has 0 spiro atoms. The summed E-state index contributed by atoms with van der Waals surface area (Å²) in [5, 5.41) is 0. The molecule has 74 valence electrons. The van der Waals surface area contributed by atoms with Gasteiger partial charge in [-0.1, -0.05) is 41.5 Å². The Bertz CT molecular complexity index is 394. The van der Waals surface area contributed by atoms with E-state index in [0.29, 0.717) is 0 Å². The maximum absolute atomic E-state index is 3.50. The third-order valence-electron chi connectivity index (χ3n) is 1.50. The molecule has 0 aliphatic heterocycles. The number of rotatable bonds is 0. The van der Waals surface area contributed by atoms with Crippen molar-refractivity contribution in [3.05, 3.63) is 32.7 Å². The van der Waals surface area contributed by atoms with Crippen LogP contribution in [-0.4, -0.2) is 8.07 Å². The minimum absolute atomic E-state index is 1.05. The molecule has 0 radical (unpaired) electrons. The molecule has 0 aliphatic rings. The smallest absolute Gasteiger partial charge is 0.127 e. The Morgan fingerprint density at radius 3 is 2.29 bits per heavy atom. The summed E-state index contributed by atoms with van der Waals surface area (Å²) in [6.07, 6.45) is 0. The zero-order chi connectivity index (χ0) is 10.8. The van der Waals surface area contributed by atoms with Gasteiger partial charge in [0.1, 0.15) is 8.07 Å². The third kappa shape index (κ3) is 3.99. The highest BCUT2D eigenvalue weighted by Crippen LogP contribution is 2.21. The van der Waals surface area contributed by atoms with Crippen molar-refractivity contribution in [1.82, 2.24) is 0 Å². The largest absolute Gasteiger partial charge is 0.129 e. The number of benzene rings is 1. The lowest BCUT2D eigenvalue weighted by atomic mass is 10.2. The van der Waals surface area contributed by atoms with Gasteiger partial charge >= 0.3 is 0 Å². The van der Waals surface area contributed by atoms with Crippen molar-refractivity contribution in [3.63, 3.8) is 0 Å². The molecule has 0 fully saturated rings. The van der Waals surface area contributed by atoms with E-state index in [4.69, 9.17) is 0 Å². The van der Waals surface area contributed by atoms with Crippen LogP contribution in [0.3, 0.4) is 0 Å². The van der Waals surface area contributed by atoms with Crippen molar-refractivity contribution < 1.29 is 0 Å². The molecule has 1 aromatic carbocycles. The van der Waals surface area contributed by atoms with E-state index in [0.717, 1.165) is 14.5 Å². The van der Waals surface area contributed by atoms with Gasteiger partial charge < -0.3 is 0 Å². The minimum Gasteiger partial charge on any atom is -0.127 e. The van der Waals surface area contributed by atoms with Gasteiger partial charge in [-0.05, 0) is 34.1 Å². The number of hydrogen-bond acceptors (Lipinski definition) is 0. The monoisotopic (exact) mass is 330 g/mol. The van der Waals surface area contributed by atoms with Crippen LogP contribution in [0.2, 0.25) is 19.6 Å². The predicted octanol–water partition coefficient (Wildman–Crippen LogP) is 4.44. The van der Waals surface area contributed by atoms with Gasteiger partial charge in [0.15, 0.2) is 0 Å². The molecule has 0 N–H and O–H groups in total. The van der Waals surface area contributed by atoms with Crippen molar-refractivity contribution in [2.24, 2.45) is 0 Å². The molecule has 0 aliphatic carbocycles. The van der Waals surface area contributed by atoms with E-state index < -0.39 is 8.07 Å². The van der Waals surface area contributed by atoms with Gasteiger partial charge in [-0.15, -0.1) is 5.54 Å². The first-order valence-corrected chi connectivity index (χ1v) is 9.45. The number of halogens is 2.